The van der Waals surface area contributed by atoms with E-state index in [4.69, 9.17) is 18.9 Å². The van der Waals surface area contributed by atoms with Crippen molar-refractivity contribution in [3.63, 3.8) is 0 Å². The summed E-state index contributed by atoms with van der Waals surface area (Å²) in [4.78, 5) is 13.0. The van der Waals surface area contributed by atoms with Gasteiger partial charge in [-0.3, -0.25) is 9.10 Å². The molecule has 2 unspecified atom stereocenters. The van der Waals surface area contributed by atoms with E-state index in [-0.39, 0.29) is 6.04 Å². The molecule has 1 aliphatic heterocycles. The van der Waals surface area contributed by atoms with Gasteiger partial charge in [-0.05, 0) is 43.7 Å². The van der Waals surface area contributed by atoms with Gasteiger partial charge < -0.3 is 24.3 Å². The summed E-state index contributed by atoms with van der Waals surface area (Å²) in [5.41, 5.74) is 1.10. The molecule has 2 atom stereocenters. The van der Waals surface area contributed by atoms with Crippen LogP contribution >= 0.6 is 0 Å². The summed E-state index contributed by atoms with van der Waals surface area (Å²) in [5, 5.41) is 2.88. The maximum atomic E-state index is 13.0. The van der Waals surface area contributed by atoms with Gasteiger partial charge in [-0.1, -0.05) is 6.07 Å². The summed E-state index contributed by atoms with van der Waals surface area (Å²) in [6.45, 7) is 4.30. The van der Waals surface area contributed by atoms with Crippen LogP contribution in [0.15, 0.2) is 36.4 Å². The quantitative estimate of drug-likeness (QED) is 0.640. The van der Waals surface area contributed by atoms with Crippen LogP contribution < -0.4 is 28.6 Å². The molecule has 0 bridgehead atoms. The Balaban J connectivity index is 1.82. The average Bonchev–Trinajstić information content (AvgIpc) is 2.77. The first kappa shape index (κ1) is 23.5. The second kappa shape index (κ2) is 9.56. The summed E-state index contributed by atoms with van der Waals surface area (Å²) < 4.78 is 47.9. The second-order valence-electron chi connectivity index (χ2n) is 7.41. The van der Waals surface area contributed by atoms with Crippen molar-refractivity contribution in [2.45, 2.75) is 25.9 Å². The zero-order valence-electron chi connectivity index (χ0n) is 18.7. The Morgan fingerprint density at radius 2 is 1.66 bits per heavy atom. The van der Waals surface area contributed by atoms with Crippen LogP contribution in [0.25, 0.3) is 0 Å². The fourth-order valence-corrected chi connectivity index (χ4v) is 4.68. The number of nitrogens with one attached hydrogen (secondary N) is 1. The Labute approximate surface area is 188 Å². The minimum Gasteiger partial charge on any atom is -0.493 e. The van der Waals surface area contributed by atoms with E-state index in [1.165, 1.54) is 27.2 Å². The summed E-state index contributed by atoms with van der Waals surface area (Å²) in [6.07, 6.45) is 1.05. The number of benzene rings is 2. The third-order valence-electron chi connectivity index (χ3n) is 5.14. The molecule has 0 radical (unpaired) electrons. The number of hydrogen-bond donors (Lipinski definition) is 1. The highest BCUT2D eigenvalue weighted by Crippen LogP contribution is 2.34. The van der Waals surface area contributed by atoms with E-state index < -0.39 is 22.0 Å². The highest BCUT2D eigenvalue weighted by molar-refractivity contribution is 7.92. The molecule has 174 valence electrons. The van der Waals surface area contributed by atoms with Gasteiger partial charge in [0.1, 0.15) is 19.3 Å². The molecule has 0 saturated carbocycles. The number of ether oxygens (including phenoxy) is 4. The van der Waals surface area contributed by atoms with Crippen LogP contribution in [0.2, 0.25) is 0 Å². The van der Waals surface area contributed by atoms with Crippen molar-refractivity contribution in [3.8, 4) is 23.0 Å². The van der Waals surface area contributed by atoms with Crippen LogP contribution in [-0.2, 0) is 14.8 Å². The SMILES string of the molecule is COc1ccc(N(C(C)C(=O)NC(C)c2ccc3c(c2)OCCO3)S(C)(=O)=O)cc1OC. The normalized spacial score (nSPS) is 14.8. The second-order valence-corrected chi connectivity index (χ2v) is 9.27. The number of carbonyl (C=O) groups is 1. The maximum Gasteiger partial charge on any atom is 0.244 e. The lowest BCUT2D eigenvalue weighted by Gasteiger charge is -2.30. The van der Waals surface area contributed by atoms with Gasteiger partial charge in [0.15, 0.2) is 23.0 Å². The van der Waals surface area contributed by atoms with Gasteiger partial charge >= 0.3 is 0 Å². The predicted octanol–water partition coefficient (Wildman–Crippen LogP) is 2.51. The van der Waals surface area contributed by atoms with E-state index >= 15 is 0 Å². The van der Waals surface area contributed by atoms with Gasteiger partial charge in [-0.2, -0.15) is 0 Å². The van der Waals surface area contributed by atoms with E-state index in [1.54, 1.807) is 18.2 Å². The lowest BCUT2D eigenvalue weighted by Crippen LogP contribution is -2.48. The third-order valence-corrected chi connectivity index (χ3v) is 6.38. The van der Waals surface area contributed by atoms with Crippen molar-refractivity contribution in [3.05, 3.63) is 42.0 Å². The largest absolute Gasteiger partial charge is 0.493 e. The number of amides is 1. The molecule has 32 heavy (non-hydrogen) atoms. The molecular formula is C22H28N2O7S. The van der Waals surface area contributed by atoms with Gasteiger partial charge in [0.25, 0.3) is 0 Å². The predicted molar refractivity (Wildman–Crippen MR) is 120 cm³/mol. The molecule has 0 fully saturated rings. The smallest absolute Gasteiger partial charge is 0.244 e. The third kappa shape index (κ3) is 5.01. The number of fused-ring (bicyclic) bond motifs is 1. The van der Waals surface area contributed by atoms with Crippen LogP contribution in [0.1, 0.15) is 25.5 Å². The Morgan fingerprint density at radius 1 is 1.00 bits per heavy atom. The molecule has 0 aliphatic carbocycles. The zero-order valence-corrected chi connectivity index (χ0v) is 19.6. The first-order chi connectivity index (χ1) is 15.2. The van der Waals surface area contributed by atoms with Crippen LogP contribution in [-0.4, -0.2) is 54.1 Å². The molecule has 2 aromatic rings. The van der Waals surface area contributed by atoms with Gasteiger partial charge in [0.2, 0.25) is 15.9 Å². The van der Waals surface area contributed by atoms with E-state index in [1.807, 2.05) is 19.1 Å². The molecule has 0 aromatic heterocycles. The highest BCUT2D eigenvalue weighted by atomic mass is 32.2. The van der Waals surface area contributed by atoms with Crippen molar-refractivity contribution in [2.24, 2.45) is 0 Å². The minimum atomic E-state index is -3.78. The van der Waals surface area contributed by atoms with E-state index in [2.05, 4.69) is 5.32 Å². The van der Waals surface area contributed by atoms with Gasteiger partial charge in [-0.25, -0.2) is 8.42 Å². The van der Waals surface area contributed by atoms with E-state index in [0.717, 1.165) is 16.1 Å². The number of methoxy groups -OCH3 is 2. The molecule has 3 rings (SSSR count). The molecule has 1 amide bonds. The van der Waals surface area contributed by atoms with Crippen molar-refractivity contribution < 1.29 is 32.2 Å². The fourth-order valence-electron chi connectivity index (χ4n) is 3.52. The van der Waals surface area contributed by atoms with Crippen molar-refractivity contribution in [1.82, 2.24) is 5.32 Å². The molecule has 0 saturated heterocycles. The van der Waals surface area contributed by atoms with Gasteiger partial charge in [0.05, 0.1) is 32.2 Å². The minimum absolute atomic E-state index is 0.291. The van der Waals surface area contributed by atoms with Gasteiger partial charge in [0, 0.05) is 6.07 Å². The molecule has 1 N–H and O–H groups in total. The molecular weight excluding hydrogens is 436 g/mol. The van der Waals surface area contributed by atoms with Crippen molar-refractivity contribution in [1.29, 1.82) is 0 Å². The Kier molecular flexibility index (Phi) is 7.02. The number of carbonyl (C=O) groups excluding carboxylic acids is 1. The Morgan fingerprint density at radius 3 is 2.28 bits per heavy atom. The van der Waals surface area contributed by atoms with Crippen molar-refractivity contribution in [2.75, 3.05) is 38.0 Å². The van der Waals surface area contributed by atoms with Crippen LogP contribution in [0.3, 0.4) is 0 Å². The average molecular weight is 465 g/mol. The number of rotatable bonds is 8. The summed E-state index contributed by atoms with van der Waals surface area (Å²) in [6, 6.07) is 8.73. The molecule has 0 spiro atoms. The molecule has 1 heterocycles. The van der Waals surface area contributed by atoms with Crippen LogP contribution in [0.4, 0.5) is 5.69 Å². The summed E-state index contributed by atoms with van der Waals surface area (Å²) >= 11 is 0. The topological polar surface area (TPSA) is 103 Å². The molecule has 2 aromatic carbocycles. The summed E-state index contributed by atoms with van der Waals surface area (Å²) in [5.74, 6) is 1.63. The van der Waals surface area contributed by atoms with Gasteiger partial charge in [-0.15, -0.1) is 0 Å². The van der Waals surface area contributed by atoms with Crippen LogP contribution in [0, 0.1) is 0 Å². The molecule has 10 heteroatoms. The zero-order chi connectivity index (χ0) is 23.5. The number of nitrogens with zero attached hydrogens (tertiary/aromatic N) is 1. The van der Waals surface area contributed by atoms with E-state index in [9.17, 15) is 13.2 Å². The number of sulfonamides is 1. The maximum absolute atomic E-state index is 13.0. The monoisotopic (exact) mass is 464 g/mol. The van der Waals surface area contributed by atoms with Crippen LogP contribution in [0.5, 0.6) is 23.0 Å². The van der Waals surface area contributed by atoms with E-state index in [0.29, 0.717) is 41.9 Å². The number of anilines is 1. The first-order valence-corrected chi connectivity index (χ1v) is 11.9. The Hall–Kier alpha value is -3.14. The number of hydrogen-bond acceptors (Lipinski definition) is 7. The van der Waals surface area contributed by atoms with Crippen molar-refractivity contribution >= 4 is 21.6 Å². The highest BCUT2D eigenvalue weighted by Gasteiger charge is 2.31. The summed E-state index contributed by atoms with van der Waals surface area (Å²) in [7, 11) is -0.836. The molecule has 9 nitrogen and oxygen atoms in total. The first-order valence-electron chi connectivity index (χ1n) is 10.1. The fraction of sp³-hybridized carbons (Fsp3) is 0.409. The lowest BCUT2D eigenvalue weighted by molar-refractivity contribution is -0.122. The standard InChI is InChI=1S/C22H28N2O7S/c1-14(16-6-8-19-21(12-16)31-11-10-30-19)23-22(25)15(2)24(32(5,26)27)17-7-9-18(28-3)20(13-17)29-4/h6-9,12-15H,10-11H2,1-5H3,(H,23,25). The lowest BCUT2D eigenvalue weighted by atomic mass is 10.1. The molecule has 1 aliphatic rings. The Bertz CT molecular complexity index is 1090.